The van der Waals surface area contributed by atoms with Gasteiger partial charge >= 0.3 is 39.5 Å². The number of aliphatic hydroxyl groups excluding tert-OH is 1. The van der Waals surface area contributed by atoms with E-state index in [1.54, 1.807) is 0 Å². The number of unbranched alkanes of at least 4 members (excludes halogenated alkanes) is 48. The Morgan fingerprint density at radius 3 is 0.716 bits per heavy atom. The molecule has 5 atom stereocenters. The molecule has 19 heteroatoms. The molecule has 0 heterocycles. The van der Waals surface area contributed by atoms with Gasteiger partial charge in [-0.25, -0.2) is 9.13 Å². The fourth-order valence-electron chi connectivity index (χ4n) is 11.7. The molecule has 3 N–H and O–H groups in total. The van der Waals surface area contributed by atoms with E-state index in [0.29, 0.717) is 31.6 Å². The molecule has 0 bridgehead atoms. The standard InChI is InChI=1S/C76H148O17P2/c1-6-9-12-15-18-21-24-27-30-31-32-35-38-41-46-52-57-62-75(80)92-71(65-86-73(78)59-54-49-44-39-36-33-28-25-22-19-16-13-10-7-2)67-90-94(82,83)88-63-70(77)64-89-95(84,85)91-68-72(66-87-74(79)60-55-50-47-42-43-48-53-58-69(4)5)93-76(81)61-56-51-45-40-37-34-29-26-23-20-17-14-11-8-3/h69-72,77H,6-68H2,1-5H3,(H,82,83)(H,84,85)/t70-,71-,72-/m1/s1. The quantitative estimate of drug-likeness (QED) is 0.0222. The average Bonchev–Trinajstić information content (AvgIpc) is 1.40. The zero-order valence-corrected chi connectivity index (χ0v) is 63.6. The van der Waals surface area contributed by atoms with Crippen molar-refractivity contribution in [2.24, 2.45) is 5.92 Å². The highest BCUT2D eigenvalue weighted by atomic mass is 31.2. The van der Waals surface area contributed by atoms with Crippen LogP contribution in [0.5, 0.6) is 0 Å². The Balaban J connectivity index is 5.24. The Bertz CT molecular complexity index is 1820. The van der Waals surface area contributed by atoms with Crippen molar-refractivity contribution in [3.05, 3.63) is 0 Å². The number of rotatable bonds is 76. The van der Waals surface area contributed by atoms with Crippen molar-refractivity contribution in [3.8, 4) is 0 Å². The minimum atomic E-state index is -4.96. The minimum absolute atomic E-state index is 0.107. The topological polar surface area (TPSA) is 237 Å². The van der Waals surface area contributed by atoms with Gasteiger partial charge in [0.05, 0.1) is 26.4 Å². The third-order valence-corrected chi connectivity index (χ3v) is 19.7. The van der Waals surface area contributed by atoms with Gasteiger partial charge in [0.15, 0.2) is 12.2 Å². The van der Waals surface area contributed by atoms with E-state index in [9.17, 15) is 43.2 Å². The summed E-state index contributed by atoms with van der Waals surface area (Å²) in [6, 6.07) is 0. The molecule has 0 rings (SSSR count). The van der Waals surface area contributed by atoms with Crippen molar-refractivity contribution in [3.63, 3.8) is 0 Å². The molecule has 0 aliphatic heterocycles. The molecule has 0 radical (unpaired) electrons. The van der Waals surface area contributed by atoms with Gasteiger partial charge < -0.3 is 33.8 Å². The number of phosphoric acid groups is 2. The lowest BCUT2D eigenvalue weighted by Crippen LogP contribution is -2.30. The summed E-state index contributed by atoms with van der Waals surface area (Å²) in [4.78, 5) is 72.8. The van der Waals surface area contributed by atoms with E-state index in [1.165, 1.54) is 218 Å². The Morgan fingerprint density at radius 2 is 0.484 bits per heavy atom. The van der Waals surface area contributed by atoms with E-state index < -0.39 is 97.5 Å². The molecule has 564 valence electrons. The molecule has 0 amide bonds. The average molecular weight is 1400 g/mol. The zero-order valence-electron chi connectivity index (χ0n) is 61.8. The van der Waals surface area contributed by atoms with E-state index in [-0.39, 0.29) is 25.7 Å². The van der Waals surface area contributed by atoms with Crippen LogP contribution in [0, 0.1) is 5.92 Å². The van der Waals surface area contributed by atoms with Crippen LogP contribution in [0.4, 0.5) is 0 Å². The van der Waals surface area contributed by atoms with E-state index in [2.05, 4.69) is 34.6 Å². The van der Waals surface area contributed by atoms with E-state index in [0.717, 1.165) is 96.3 Å². The highest BCUT2D eigenvalue weighted by molar-refractivity contribution is 7.47. The summed E-state index contributed by atoms with van der Waals surface area (Å²) in [5.74, 6) is -1.41. The summed E-state index contributed by atoms with van der Waals surface area (Å²) in [5, 5.41) is 10.6. The molecule has 17 nitrogen and oxygen atoms in total. The predicted molar refractivity (Wildman–Crippen MR) is 386 cm³/mol. The maximum Gasteiger partial charge on any atom is 0.472 e. The van der Waals surface area contributed by atoms with E-state index in [1.807, 2.05) is 0 Å². The van der Waals surface area contributed by atoms with Gasteiger partial charge in [-0.1, -0.05) is 349 Å². The van der Waals surface area contributed by atoms with Crippen LogP contribution in [0.2, 0.25) is 0 Å². The van der Waals surface area contributed by atoms with Crippen molar-refractivity contribution in [1.82, 2.24) is 0 Å². The number of carbonyl (C=O) groups excluding carboxylic acids is 4. The molecule has 0 aliphatic carbocycles. The highest BCUT2D eigenvalue weighted by Crippen LogP contribution is 2.45. The second-order valence-corrected chi connectivity index (χ2v) is 30.8. The highest BCUT2D eigenvalue weighted by Gasteiger charge is 2.30. The molecule has 0 saturated carbocycles. The largest absolute Gasteiger partial charge is 0.472 e. The Labute approximate surface area is 581 Å². The molecule has 0 aliphatic rings. The third-order valence-electron chi connectivity index (χ3n) is 17.8. The molecule has 0 spiro atoms. The van der Waals surface area contributed by atoms with Crippen LogP contribution in [0.3, 0.4) is 0 Å². The van der Waals surface area contributed by atoms with Crippen LogP contribution >= 0.6 is 15.6 Å². The van der Waals surface area contributed by atoms with Crippen LogP contribution in [-0.4, -0.2) is 96.7 Å². The van der Waals surface area contributed by atoms with Gasteiger partial charge in [-0.15, -0.1) is 0 Å². The fraction of sp³-hybridized carbons (Fsp3) is 0.947. The summed E-state index contributed by atoms with van der Waals surface area (Å²) in [7, 11) is -9.91. The lowest BCUT2D eigenvalue weighted by molar-refractivity contribution is -0.161. The van der Waals surface area contributed by atoms with Gasteiger partial charge in [0.2, 0.25) is 0 Å². The molecule has 0 aromatic heterocycles. The van der Waals surface area contributed by atoms with Gasteiger partial charge in [0.1, 0.15) is 19.3 Å². The first-order valence-electron chi connectivity index (χ1n) is 39.6. The summed E-state index contributed by atoms with van der Waals surface area (Å²) < 4.78 is 68.5. The maximum absolute atomic E-state index is 13.1. The summed E-state index contributed by atoms with van der Waals surface area (Å²) in [5.41, 5.74) is 0. The number of hydrogen-bond acceptors (Lipinski definition) is 15. The first kappa shape index (κ1) is 93.1. The molecule has 0 fully saturated rings. The maximum atomic E-state index is 13.1. The summed E-state index contributed by atoms with van der Waals surface area (Å²) >= 11 is 0. The number of ether oxygens (including phenoxy) is 4. The van der Waals surface area contributed by atoms with Crippen molar-refractivity contribution in [2.75, 3.05) is 39.6 Å². The Kier molecular flexibility index (Phi) is 67.7. The SMILES string of the molecule is CCCCCCCCCCCCCCCCCCCC(=O)O[C@H](COC(=O)CCCCCCCCCCCCCCCC)COP(=O)(O)OC[C@@H](O)COP(=O)(O)OC[C@@H](COC(=O)CCCCCCCCCC(C)C)OC(=O)CCCCCCCCCCCCCCCC. The van der Waals surface area contributed by atoms with Crippen LogP contribution < -0.4 is 0 Å². The molecular weight excluding hydrogens is 1250 g/mol. The molecule has 95 heavy (non-hydrogen) atoms. The van der Waals surface area contributed by atoms with Crippen LogP contribution in [-0.2, 0) is 65.4 Å². The Morgan fingerprint density at radius 1 is 0.284 bits per heavy atom. The van der Waals surface area contributed by atoms with Crippen molar-refractivity contribution in [2.45, 2.75) is 419 Å². The molecule has 2 unspecified atom stereocenters. The lowest BCUT2D eigenvalue weighted by atomic mass is 10.0. The van der Waals surface area contributed by atoms with Crippen LogP contribution in [0.15, 0.2) is 0 Å². The molecule has 0 aromatic carbocycles. The minimum Gasteiger partial charge on any atom is -0.462 e. The number of hydrogen-bond donors (Lipinski definition) is 3. The van der Waals surface area contributed by atoms with Crippen LogP contribution in [0.1, 0.15) is 401 Å². The van der Waals surface area contributed by atoms with Crippen molar-refractivity contribution < 1.29 is 80.2 Å². The van der Waals surface area contributed by atoms with Gasteiger partial charge in [-0.3, -0.25) is 37.3 Å². The number of aliphatic hydroxyl groups is 1. The first-order valence-corrected chi connectivity index (χ1v) is 42.6. The van der Waals surface area contributed by atoms with Crippen molar-refractivity contribution in [1.29, 1.82) is 0 Å². The smallest absolute Gasteiger partial charge is 0.462 e. The lowest BCUT2D eigenvalue weighted by Gasteiger charge is -2.21. The number of phosphoric ester groups is 2. The normalized spacial score (nSPS) is 13.9. The Hall–Kier alpha value is -1.94. The summed E-state index contributed by atoms with van der Waals surface area (Å²) in [6.45, 7) is 7.25. The van der Waals surface area contributed by atoms with Crippen LogP contribution in [0.25, 0.3) is 0 Å². The number of carbonyl (C=O) groups is 4. The fourth-order valence-corrected chi connectivity index (χ4v) is 13.3. The predicted octanol–water partition coefficient (Wildman–Crippen LogP) is 22.5. The number of esters is 4. The molecule has 0 aromatic rings. The van der Waals surface area contributed by atoms with Gasteiger partial charge in [-0.2, -0.15) is 0 Å². The van der Waals surface area contributed by atoms with E-state index in [4.69, 9.17) is 37.0 Å². The monoisotopic (exact) mass is 1400 g/mol. The summed E-state index contributed by atoms with van der Waals surface area (Å²) in [6.07, 6.45) is 58.2. The zero-order chi connectivity index (χ0) is 69.8. The van der Waals surface area contributed by atoms with E-state index >= 15 is 0 Å². The molecule has 0 saturated heterocycles. The first-order chi connectivity index (χ1) is 46.0. The van der Waals surface area contributed by atoms with Gasteiger partial charge in [-0.05, 0) is 31.6 Å². The van der Waals surface area contributed by atoms with Gasteiger partial charge in [0.25, 0.3) is 0 Å². The third kappa shape index (κ3) is 70.3. The molecular formula is C76H148O17P2. The second-order valence-electron chi connectivity index (χ2n) is 27.9. The second kappa shape index (κ2) is 69.2. The van der Waals surface area contributed by atoms with Crippen molar-refractivity contribution >= 4 is 39.5 Å². The van der Waals surface area contributed by atoms with Gasteiger partial charge in [0, 0.05) is 25.7 Å².